The van der Waals surface area contributed by atoms with Crippen molar-refractivity contribution in [1.82, 2.24) is 9.29 Å². The molecule has 2 aromatic carbocycles. The molecule has 1 atom stereocenters. The molecule has 164 valence electrons. The second kappa shape index (κ2) is 7.69. The maximum atomic E-state index is 13.2. The Morgan fingerprint density at radius 3 is 2.29 bits per heavy atom. The fraction of sp³-hybridized carbons (Fsp3) is 0.348. The third kappa shape index (κ3) is 3.59. The smallest absolute Gasteiger partial charge is 0.253 e. The van der Waals surface area contributed by atoms with Crippen molar-refractivity contribution >= 4 is 20.9 Å². The molecule has 1 unspecified atom stereocenters. The molecule has 2 heterocycles. The summed E-state index contributed by atoms with van der Waals surface area (Å²) in [6, 6.07) is 8.67. The minimum Gasteiger partial charge on any atom is -0.493 e. The SMILES string of the molecule is COc1cc2c(cc1OC)C(c1cc3c(C)ccc(C)c3[nH]c1=O)N(S(C)(=O)=O)CC2. The summed E-state index contributed by atoms with van der Waals surface area (Å²) in [6.45, 7) is 4.18. The predicted octanol–water partition coefficient (Wildman–Crippen LogP) is 3.07. The van der Waals surface area contributed by atoms with Crippen molar-refractivity contribution in [2.45, 2.75) is 26.3 Å². The van der Waals surface area contributed by atoms with Crippen LogP contribution in [0.4, 0.5) is 0 Å². The zero-order chi connectivity index (χ0) is 22.5. The molecule has 3 aromatic rings. The van der Waals surface area contributed by atoms with Crippen molar-refractivity contribution in [3.63, 3.8) is 0 Å². The molecule has 1 aromatic heterocycles. The average Bonchev–Trinajstić information content (AvgIpc) is 2.73. The molecular formula is C23H26N2O5S. The number of hydrogen-bond donors (Lipinski definition) is 1. The van der Waals surface area contributed by atoms with Gasteiger partial charge < -0.3 is 14.5 Å². The lowest BCUT2D eigenvalue weighted by molar-refractivity contribution is 0.332. The second-order valence-corrected chi connectivity index (χ2v) is 9.91. The number of aromatic nitrogens is 1. The summed E-state index contributed by atoms with van der Waals surface area (Å²) in [4.78, 5) is 16.2. The van der Waals surface area contributed by atoms with E-state index in [-0.39, 0.29) is 12.1 Å². The second-order valence-electron chi connectivity index (χ2n) is 7.97. The molecule has 7 nitrogen and oxygen atoms in total. The van der Waals surface area contributed by atoms with Gasteiger partial charge in [-0.2, -0.15) is 4.31 Å². The van der Waals surface area contributed by atoms with Gasteiger partial charge in [0.2, 0.25) is 10.0 Å². The normalized spacial score (nSPS) is 16.9. The van der Waals surface area contributed by atoms with Gasteiger partial charge in [0.1, 0.15) is 0 Å². The minimum atomic E-state index is -3.58. The van der Waals surface area contributed by atoms with Crippen LogP contribution in [-0.2, 0) is 16.4 Å². The van der Waals surface area contributed by atoms with Crippen LogP contribution < -0.4 is 15.0 Å². The fourth-order valence-electron chi connectivity index (χ4n) is 4.40. The van der Waals surface area contributed by atoms with Crippen LogP contribution in [-0.4, -0.2) is 44.7 Å². The number of pyridine rings is 1. The highest BCUT2D eigenvalue weighted by Crippen LogP contribution is 2.41. The van der Waals surface area contributed by atoms with Gasteiger partial charge in [0.15, 0.2) is 11.5 Å². The molecule has 0 saturated carbocycles. The first-order chi connectivity index (χ1) is 14.7. The van der Waals surface area contributed by atoms with E-state index in [0.717, 1.165) is 33.2 Å². The number of nitrogens with zero attached hydrogens (tertiary/aromatic N) is 1. The van der Waals surface area contributed by atoms with Gasteiger partial charge in [0, 0.05) is 17.5 Å². The Hall–Kier alpha value is -2.84. The van der Waals surface area contributed by atoms with Gasteiger partial charge in [-0.05, 0) is 60.7 Å². The lowest BCUT2D eigenvalue weighted by atomic mass is 9.89. The van der Waals surface area contributed by atoms with Crippen LogP contribution in [0.25, 0.3) is 10.9 Å². The standard InChI is InChI=1S/C23H26N2O5S/c1-13-6-7-14(2)21-16(13)11-18(23(26)24-21)22-17-12-20(30-4)19(29-3)10-15(17)8-9-25(22)31(5,27)28/h6-7,10-12,22H,8-9H2,1-5H3,(H,24,26). The van der Waals surface area contributed by atoms with Crippen LogP contribution in [0.1, 0.15) is 33.9 Å². The number of benzene rings is 2. The highest BCUT2D eigenvalue weighted by molar-refractivity contribution is 7.88. The predicted molar refractivity (Wildman–Crippen MR) is 121 cm³/mol. The van der Waals surface area contributed by atoms with Crippen molar-refractivity contribution in [3.05, 3.63) is 68.5 Å². The number of ether oxygens (including phenoxy) is 2. The average molecular weight is 443 g/mol. The molecule has 1 N–H and O–H groups in total. The van der Waals surface area contributed by atoms with E-state index in [9.17, 15) is 13.2 Å². The molecule has 1 aliphatic heterocycles. The molecule has 0 radical (unpaired) electrons. The number of H-pyrrole nitrogens is 1. The third-order valence-electron chi connectivity index (χ3n) is 6.02. The van der Waals surface area contributed by atoms with E-state index in [1.165, 1.54) is 17.7 Å². The summed E-state index contributed by atoms with van der Waals surface area (Å²) in [5, 5.41) is 0.899. The van der Waals surface area contributed by atoms with E-state index >= 15 is 0 Å². The molecule has 0 fully saturated rings. The van der Waals surface area contributed by atoms with E-state index in [4.69, 9.17) is 9.47 Å². The summed E-state index contributed by atoms with van der Waals surface area (Å²) in [5.74, 6) is 1.07. The highest BCUT2D eigenvalue weighted by atomic mass is 32.2. The first-order valence-corrected chi connectivity index (χ1v) is 11.8. The van der Waals surface area contributed by atoms with Crippen molar-refractivity contribution < 1.29 is 17.9 Å². The van der Waals surface area contributed by atoms with E-state index in [1.807, 2.05) is 38.1 Å². The number of sulfonamides is 1. The van der Waals surface area contributed by atoms with Crippen LogP contribution in [0.5, 0.6) is 11.5 Å². The number of rotatable bonds is 4. The quantitative estimate of drug-likeness (QED) is 0.671. The molecule has 4 rings (SSSR count). The Balaban J connectivity index is 2.04. The molecule has 0 aliphatic carbocycles. The van der Waals surface area contributed by atoms with Crippen LogP contribution in [0.2, 0.25) is 0 Å². The van der Waals surface area contributed by atoms with E-state index in [0.29, 0.717) is 23.5 Å². The van der Waals surface area contributed by atoms with Gasteiger partial charge >= 0.3 is 0 Å². The number of aryl methyl sites for hydroxylation is 2. The molecule has 31 heavy (non-hydrogen) atoms. The molecule has 0 amide bonds. The largest absolute Gasteiger partial charge is 0.493 e. The van der Waals surface area contributed by atoms with Crippen molar-refractivity contribution in [3.8, 4) is 11.5 Å². The summed E-state index contributed by atoms with van der Waals surface area (Å²) in [5.41, 5.74) is 4.48. The Morgan fingerprint density at radius 2 is 1.65 bits per heavy atom. The monoisotopic (exact) mass is 442 g/mol. The number of nitrogens with one attached hydrogen (secondary N) is 1. The molecule has 1 aliphatic rings. The van der Waals surface area contributed by atoms with Gasteiger partial charge in [0.05, 0.1) is 32.0 Å². The first-order valence-electron chi connectivity index (χ1n) is 10.0. The number of aromatic amines is 1. The first kappa shape index (κ1) is 21.4. The Bertz CT molecular complexity index is 1340. The number of fused-ring (bicyclic) bond motifs is 2. The molecule has 0 bridgehead atoms. The summed E-state index contributed by atoms with van der Waals surface area (Å²) in [6.07, 6.45) is 1.69. The van der Waals surface area contributed by atoms with Crippen molar-refractivity contribution in [2.24, 2.45) is 0 Å². The highest BCUT2D eigenvalue weighted by Gasteiger charge is 2.37. The van der Waals surface area contributed by atoms with E-state index < -0.39 is 16.1 Å². The molecule has 0 spiro atoms. The zero-order valence-electron chi connectivity index (χ0n) is 18.3. The topological polar surface area (TPSA) is 88.7 Å². The van der Waals surface area contributed by atoms with Crippen LogP contribution in [0.15, 0.2) is 35.1 Å². The Kier molecular flexibility index (Phi) is 5.31. The van der Waals surface area contributed by atoms with Gasteiger partial charge in [0.25, 0.3) is 5.56 Å². The lowest BCUT2D eigenvalue weighted by Crippen LogP contribution is -2.42. The number of methoxy groups -OCH3 is 2. The van der Waals surface area contributed by atoms with Gasteiger partial charge in [-0.15, -0.1) is 0 Å². The van der Waals surface area contributed by atoms with Gasteiger partial charge in [-0.3, -0.25) is 4.79 Å². The summed E-state index contributed by atoms with van der Waals surface area (Å²) < 4.78 is 37.7. The maximum absolute atomic E-state index is 13.2. The molecule has 8 heteroatoms. The molecular weight excluding hydrogens is 416 g/mol. The van der Waals surface area contributed by atoms with Crippen molar-refractivity contribution in [2.75, 3.05) is 27.0 Å². The van der Waals surface area contributed by atoms with Crippen molar-refractivity contribution in [1.29, 1.82) is 0 Å². The summed E-state index contributed by atoms with van der Waals surface area (Å²) >= 11 is 0. The van der Waals surface area contributed by atoms with Crippen LogP contribution >= 0.6 is 0 Å². The van der Waals surface area contributed by atoms with Crippen LogP contribution in [0.3, 0.4) is 0 Å². The fourth-order valence-corrected chi connectivity index (χ4v) is 5.43. The van der Waals surface area contributed by atoms with E-state index in [1.54, 1.807) is 13.2 Å². The minimum absolute atomic E-state index is 0.274. The van der Waals surface area contributed by atoms with Crippen LogP contribution in [0, 0.1) is 13.8 Å². The zero-order valence-corrected chi connectivity index (χ0v) is 19.1. The lowest BCUT2D eigenvalue weighted by Gasteiger charge is -2.36. The Morgan fingerprint density at radius 1 is 1.00 bits per heavy atom. The van der Waals surface area contributed by atoms with Gasteiger partial charge in [-0.25, -0.2) is 8.42 Å². The number of hydrogen-bond acceptors (Lipinski definition) is 5. The summed E-state index contributed by atoms with van der Waals surface area (Å²) in [7, 11) is -0.486. The third-order valence-corrected chi connectivity index (χ3v) is 7.27. The van der Waals surface area contributed by atoms with Gasteiger partial charge in [-0.1, -0.05) is 12.1 Å². The van der Waals surface area contributed by atoms with E-state index in [2.05, 4.69) is 4.98 Å². The molecule has 0 saturated heterocycles. The maximum Gasteiger partial charge on any atom is 0.253 e. The Labute approximate surface area is 181 Å².